The predicted molar refractivity (Wildman–Crippen MR) is 87.1 cm³/mol. The van der Waals surface area contributed by atoms with E-state index >= 15 is 0 Å². The van der Waals surface area contributed by atoms with E-state index in [4.69, 9.17) is 0 Å². The molecule has 0 aliphatic heterocycles. The fourth-order valence-electron chi connectivity index (χ4n) is 2.37. The van der Waals surface area contributed by atoms with Crippen molar-refractivity contribution in [1.82, 2.24) is 9.78 Å². The first-order valence-electron chi connectivity index (χ1n) is 7.19. The Bertz CT molecular complexity index is 993. The zero-order valence-corrected chi connectivity index (χ0v) is 13.8. The van der Waals surface area contributed by atoms with Crippen LogP contribution in [-0.2, 0) is 16.0 Å². The normalized spacial score (nSPS) is 12.3. The average molecular weight is 366 g/mol. The molecule has 1 aromatic heterocycles. The van der Waals surface area contributed by atoms with Crippen LogP contribution in [-0.4, -0.2) is 24.5 Å². The molecule has 0 saturated carbocycles. The van der Waals surface area contributed by atoms with E-state index in [2.05, 4.69) is 5.10 Å². The minimum absolute atomic E-state index is 0.0345. The second-order valence-electron chi connectivity index (χ2n) is 5.47. The van der Waals surface area contributed by atoms with Gasteiger partial charge in [0.15, 0.2) is 9.84 Å². The molecule has 0 aliphatic rings. The second kappa shape index (κ2) is 6.03. The third-order valence-electron chi connectivity index (χ3n) is 3.60. The minimum atomic E-state index is -4.59. The van der Waals surface area contributed by atoms with Crippen molar-refractivity contribution in [2.75, 3.05) is 6.26 Å². The summed E-state index contributed by atoms with van der Waals surface area (Å²) in [5.74, 6) is 0. The highest BCUT2D eigenvalue weighted by Crippen LogP contribution is 2.37. The van der Waals surface area contributed by atoms with Gasteiger partial charge >= 0.3 is 6.18 Å². The van der Waals surface area contributed by atoms with Crippen molar-refractivity contribution < 1.29 is 21.6 Å². The molecule has 25 heavy (non-hydrogen) atoms. The van der Waals surface area contributed by atoms with Gasteiger partial charge in [-0.3, -0.25) is 0 Å². The lowest BCUT2D eigenvalue weighted by Crippen LogP contribution is -2.05. The Hall–Kier alpha value is -2.61. The Morgan fingerprint density at radius 1 is 0.960 bits per heavy atom. The fourth-order valence-corrected chi connectivity index (χ4v) is 3.00. The number of sulfone groups is 1. The SMILES string of the molecule is CS(=O)(=O)c1ccc(-c2nn(-c3ccccc3)cc2C(F)(F)F)cc1. The molecule has 0 saturated heterocycles. The first-order valence-corrected chi connectivity index (χ1v) is 9.08. The van der Waals surface area contributed by atoms with Gasteiger partial charge in [0.05, 0.1) is 10.6 Å². The molecule has 130 valence electrons. The lowest BCUT2D eigenvalue weighted by molar-refractivity contribution is -0.137. The highest BCUT2D eigenvalue weighted by atomic mass is 32.2. The topological polar surface area (TPSA) is 52.0 Å². The summed E-state index contributed by atoms with van der Waals surface area (Å²) < 4.78 is 64.3. The molecule has 1 heterocycles. The molecule has 0 aliphatic carbocycles. The van der Waals surface area contributed by atoms with Gasteiger partial charge in [0.1, 0.15) is 11.3 Å². The largest absolute Gasteiger partial charge is 0.420 e. The van der Waals surface area contributed by atoms with Gasteiger partial charge in [-0.2, -0.15) is 18.3 Å². The first kappa shape index (κ1) is 17.2. The molecule has 8 heteroatoms. The molecule has 0 fully saturated rings. The molecule has 3 aromatic rings. The summed E-state index contributed by atoms with van der Waals surface area (Å²) in [4.78, 5) is 0.0345. The fraction of sp³-hybridized carbons (Fsp3) is 0.118. The van der Waals surface area contributed by atoms with Crippen LogP contribution < -0.4 is 0 Å². The van der Waals surface area contributed by atoms with E-state index in [9.17, 15) is 21.6 Å². The van der Waals surface area contributed by atoms with Crippen molar-refractivity contribution in [2.24, 2.45) is 0 Å². The van der Waals surface area contributed by atoms with Gasteiger partial charge < -0.3 is 0 Å². The summed E-state index contributed by atoms with van der Waals surface area (Å²) in [5, 5.41) is 4.06. The highest BCUT2D eigenvalue weighted by Gasteiger charge is 2.36. The summed E-state index contributed by atoms with van der Waals surface area (Å²) in [7, 11) is -3.43. The molecular weight excluding hydrogens is 353 g/mol. The van der Waals surface area contributed by atoms with E-state index in [1.54, 1.807) is 30.3 Å². The Labute approximate surface area is 142 Å². The van der Waals surface area contributed by atoms with Crippen molar-refractivity contribution >= 4 is 9.84 Å². The van der Waals surface area contributed by atoms with E-state index in [0.717, 1.165) is 17.1 Å². The van der Waals surface area contributed by atoms with Crippen LogP contribution >= 0.6 is 0 Å². The molecule has 0 atom stereocenters. The summed E-state index contributed by atoms with van der Waals surface area (Å²) in [5.41, 5.74) is -0.457. The minimum Gasteiger partial charge on any atom is -0.240 e. The van der Waals surface area contributed by atoms with Crippen molar-refractivity contribution in [3.8, 4) is 16.9 Å². The third kappa shape index (κ3) is 3.58. The smallest absolute Gasteiger partial charge is 0.240 e. The molecule has 0 radical (unpaired) electrons. The van der Waals surface area contributed by atoms with Crippen LogP contribution in [0.25, 0.3) is 16.9 Å². The van der Waals surface area contributed by atoms with E-state index in [1.807, 2.05) is 0 Å². The zero-order chi connectivity index (χ0) is 18.2. The van der Waals surface area contributed by atoms with E-state index in [-0.39, 0.29) is 16.2 Å². The summed E-state index contributed by atoms with van der Waals surface area (Å²) in [6, 6.07) is 13.6. The predicted octanol–water partition coefficient (Wildman–Crippen LogP) is 3.96. The van der Waals surface area contributed by atoms with E-state index in [0.29, 0.717) is 5.69 Å². The van der Waals surface area contributed by atoms with Crippen LogP contribution in [0.4, 0.5) is 13.2 Å². The number of halogens is 3. The molecular formula is C17H13F3N2O2S. The van der Waals surface area contributed by atoms with Gasteiger partial charge in [-0.05, 0) is 24.3 Å². The van der Waals surface area contributed by atoms with Crippen LogP contribution in [0.15, 0.2) is 65.7 Å². The van der Waals surface area contributed by atoms with Gasteiger partial charge in [0.25, 0.3) is 0 Å². The third-order valence-corrected chi connectivity index (χ3v) is 4.72. The number of hydrogen-bond donors (Lipinski definition) is 0. The van der Waals surface area contributed by atoms with Crippen molar-refractivity contribution in [3.63, 3.8) is 0 Å². The lowest BCUT2D eigenvalue weighted by Gasteiger charge is -2.06. The van der Waals surface area contributed by atoms with Crippen LogP contribution in [0, 0.1) is 0 Å². The van der Waals surface area contributed by atoms with Gasteiger partial charge in [-0.1, -0.05) is 30.3 Å². The van der Waals surface area contributed by atoms with Gasteiger partial charge in [0, 0.05) is 18.0 Å². The Morgan fingerprint density at radius 3 is 2.08 bits per heavy atom. The number of benzene rings is 2. The van der Waals surface area contributed by atoms with Crippen LogP contribution in [0.1, 0.15) is 5.56 Å². The van der Waals surface area contributed by atoms with Gasteiger partial charge in [-0.25, -0.2) is 13.1 Å². The maximum atomic E-state index is 13.4. The standard InChI is InChI=1S/C17H13F3N2O2S/c1-25(23,24)14-9-7-12(8-10-14)16-15(17(18,19)20)11-22(21-16)13-5-3-2-4-6-13/h2-11H,1H3. The number of aromatic nitrogens is 2. The van der Waals surface area contributed by atoms with Gasteiger partial charge in [-0.15, -0.1) is 0 Å². The molecule has 4 nitrogen and oxygen atoms in total. The number of nitrogens with zero attached hydrogens (tertiary/aromatic N) is 2. The number of para-hydroxylation sites is 1. The number of rotatable bonds is 3. The summed E-state index contributed by atoms with van der Waals surface area (Å²) >= 11 is 0. The maximum Gasteiger partial charge on any atom is 0.420 e. The molecule has 3 rings (SSSR count). The number of hydrogen-bond acceptors (Lipinski definition) is 3. The Balaban J connectivity index is 2.13. The Morgan fingerprint density at radius 2 is 1.56 bits per heavy atom. The van der Waals surface area contributed by atoms with Crippen molar-refractivity contribution in [3.05, 3.63) is 66.4 Å². The second-order valence-corrected chi connectivity index (χ2v) is 7.48. The molecule has 2 aromatic carbocycles. The zero-order valence-electron chi connectivity index (χ0n) is 13.0. The van der Waals surface area contributed by atoms with Gasteiger partial charge in [0.2, 0.25) is 0 Å². The summed E-state index contributed by atoms with van der Waals surface area (Å²) in [6.07, 6.45) is -2.62. The maximum absolute atomic E-state index is 13.4. The van der Waals surface area contributed by atoms with E-state index in [1.165, 1.54) is 24.3 Å². The van der Waals surface area contributed by atoms with E-state index < -0.39 is 21.6 Å². The van der Waals surface area contributed by atoms with Crippen LogP contribution in [0.3, 0.4) is 0 Å². The molecule has 0 spiro atoms. The monoisotopic (exact) mass is 366 g/mol. The number of alkyl halides is 3. The summed E-state index contributed by atoms with van der Waals surface area (Å²) in [6.45, 7) is 0. The quantitative estimate of drug-likeness (QED) is 0.705. The van der Waals surface area contributed by atoms with Crippen molar-refractivity contribution in [2.45, 2.75) is 11.1 Å². The van der Waals surface area contributed by atoms with Crippen molar-refractivity contribution in [1.29, 1.82) is 0 Å². The molecule has 0 bridgehead atoms. The highest BCUT2D eigenvalue weighted by molar-refractivity contribution is 7.90. The molecule has 0 unspecified atom stereocenters. The Kier molecular flexibility index (Phi) is 4.16. The van der Waals surface area contributed by atoms with Crippen LogP contribution in [0.2, 0.25) is 0 Å². The average Bonchev–Trinajstić information content (AvgIpc) is 3.01. The molecule has 0 N–H and O–H groups in total. The first-order chi connectivity index (χ1) is 11.7. The lowest BCUT2D eigenvalue weighted by atomic mass is 10.1. The van der Waals surface area contributed by atoms with Crippen LogP contribution in [0.5, 0.6) is 0 Å². The molecule has 0 amide bonds.